The van der Waals surface area contributed by atoms with Crippen LogP contribution in [-0.4, -0.2) is 35.2 Å². The molecule has 1 heterocycles. The first kappa shape index (κ1) is 18.9. The van der Waals surface area contributed by atoms with Crippen molar-refractivity contribution in [3.63, 3.8) is 0 Å². The van der Waals surface area contributed by atoms with Gasteiger partial charge in [0.1, 0.15) is 21.2 Å². The van der Waals surface area contributed by atoms with Crippen molar-refractivity contribution in [2.45, 2.75) is 27.7 Å². The van der Waals surface area contributed by atoms with E-state index in [4.69, 9.17) is 9.47 Å². The lowest BCUT2D eigenvalue weighted by Crippen LogP contribution is -2.08. The smallest absolute Gasteiger partial charge is 0.350 e. The molecule has 25 heavy (non-hydrogen) atoms. The minimum Gasteiger partial charge on any atom is -0.492 e. The summed E-state index contributed by atoms with van der Waals surface area (Å²) in [5.41, 5.74) is 1.26. The Hall–Kier alpha value is -2.41. The molecular weight excluding hydrogens is 342 g/mol. The molecule has 2 aromatic rings. The molecule has 0 atom stereocenters. The zero-order valence-electron chi connectivity index (χ0n) is 14.7. The van der Waals surface area contributed by atoms with Crippen LogP contribution in [0.2, 0.25) is 0 Å². The van der Waals surface area contributed by atoms with Crippen molar-refractivity contribution < 1.29 is 24.2 Å². The van der Waals surface area contributed by atoms with E-state index in [1.54, 1.807) is 26.0 Å². The molecule has 0 fully saturated rings. The summed E-state index contributed by atoms with van der Waals surface area (Å²) in [5, 5.41) is 10.0. The molecule has 0 radical (unpaired) electrons. The summed E-state index contributed by atoms with van der Waals surface area (Å²) < 4.78 is 10.6. The summed E-state index contributed by atoms with van der Waals surface area (Å²) in [6.45, 7) is 8.17. The van der Waals surface area contributed by atoms with Gasteiger partial charge in [-0.3, -0.25) is 0 Å². The van der Waals surface area contributed by atoms with Gasteiger partial charge in [0.25, 0.3) is 0 Å². The van der Waals surface area contributed by atoms with Crippen molar-refractivity contribution in [2.24, 2.45) is 5.92 Å². The maximum absolute atomic E-state index is 11.9. The van der Waals surface area contributed by atoms with E-state index in [1.165, 1.54) is 17.4 Å². The number of aromatic nitrogens is 1. The predicted molar refractivity (Wildman–Crippen MR) is 95.5 cm³/mol. The predicted octanol–water partition coefficient (Wildman–Crippen LogP) is 4.03. The number of aromatic carboxylic acids is 1. The monoisotopic (exact) mass is 363 g/mol. The first-order chi connectivity index (χ1) is 11.8. The van der Waals surface area contributed by atoms with Crippen molar-refractivity contribution in [1.29, 1.82) is 0 Å². The highest BCUT2D eigenvalue weighted by Crippen LogP contribution is 2.32. The Morgan fingerprint density at radius 1 is 1.32 bits per heavy atom. The molecule has 0 unspecified atom stereocenters. The highest BCUT2D eigenvalue weighted by atomic mass is 32.1. The second kappa shape index (κ2) is 8.11. The number of hydrogen-bond donors (Lipinski definition) is 1. The average Bonchev–Trinajstić information content (AvgIpc) is 2.94. The molecule has 0 spiro atoms. The molecule has 6 nitrogen and oxygen atoms in total. The molecular formula is C18H21NO5S. The van der Waals surface area contributed by atoms with Gasteiger partial charge in [-0.05, 0) is 38.0 Å². The van der Waals surface area contributed by atoms with Crippen LogP contribution >= 0.6 is 11.3 Å². The van der Waals surface area contributed by atoms with Gasteiger partial charge in [-0.2, -0.15) is 0 Å². The normalized spacial score (nSPS) is 10.8. The first-order valence-corrected chi connectivity index (χ1v) is 8.80. The second-order valence-electron chi connectivity index (χ2n) is 5.87. The van der Waals surface area contributed by atoms with E-state index in [-0.39, 0.29) is 18.1 Å². The van der Waals surface area contributed by atoms with Gasteiger partial charge in [-0.15, -0.1) is 11.3 Å². The van der Waals surface area contributed by atoms with Crippen LogP contribution in [0, 0.1) is 12.8 Å². The van der Waals surface area contributed by atoms with Crippen molar-refractivity contribution in [3.8, 4) is 16.3 Å². The highest BCUT2D eigenvalue weighted by molar-refractivity contribution is 7.17. The van der Waals surface area contributed by atoms with Crippen molar-refractivity contribution in [3.05, 3.63) is 34.3 Å². The maximum Gasteiger partial charge on any atom is 0.350 e. The number of aryl methyl sites for hydroxylation is 1. The molecule has 0 amide bonds. The van der Waals surface area contributed by atoms with Crippen molar-refractivity contribution in [1.82, 2.24) is 4.98 Å². The van der Waals surface area contributed by atoms with Crippen molar-refractivity contribution >= 4 is 23.3 Å². The molecule has 1 aromatic carbocycles. The number of nitrogens with zero attached hydrogens (tertiary/aromatic N) is 1. The SMILES string of the molecule is CCOC(=O)c1sc(-c2ccc(OCC(C)C)c(C(=O)O)c2)nc1C. The van der Waals surface area contributed by atoms with Crippen LogP contribution in [0.15, 0.2) is 18.2 Å². The van der Waals surface area contributed by atoms with Crippen molar-refractivity contribution in [2.75, 3.05) is 13.2 Å². The van der Waals surface area contributed by atoms with E-state index in [0.717, 1.165) is 0 Å². The Morgan fingerprint density at radius 3 is 2.64 bits per heavy atom. The van der Waals surface area contributed by atoms with Gasteiger partial charge in [0.05, 0.1) is 18.9 Å². The lowest BCUT2D eigenvalue weighted by atomic mass is 10.1. The quantitative estimate of drug-likeness (QED) is 0.748. The number of esters is 1. The van der Waals surface area contributed by atoms with Crippen LogP contribution in [0.1, 0.15) is 46.5 Å². The van der Waals surface area contributed by atoms with E-state index in [1.807, 2.05) is 13.8 Å². The number of carboxylic acid groups (broad SMARTS) is 1. The number of benzene rings is 1. The third kappa shape index (κ3) is 4.57. The van der Waals surface area contributed by atoms with Crippen LogP contribution < -0.4 is 4.74 Å². The molecule has 0 saturated heterocycles. The maximum atomic E-state index is 11.9. The summed E-state index contributed by atoms with van der Waals surface area (Å²) in [6, 6.07) is 4.89. The number of thiazole rings is 1. The zero-order chi connectivity index (χ0) is 18.6. The summed E-state index contributed by atoms with van der Waals surface area (Å²) >= 11 is 1.19. The number of carboxylic acids is 1. The van der Waals surface area contributed by atoms with Crippen LogP contribution in [-0.2, 0) is 4.74 Å². The second-order valence-corrected chi connectivity index (χ2v) is 6.87. The Balaban J connectivity index is 2.37. The number of carbonyl (C=O) groups excluding carboxylic acids is 1. The fraction of sp³-hybridized carbons (Fsp3) is 0.389. The van der Waals surface area contributed by atoms with E-state index in [2.05, 4.69) is 4.98 Å². The molecule has 0 bridgehead atoms. The lowest BCUT2D eigenvalue weighted by molar-refractivity contribution is 0.0530. The van der Waals surface area contributed by atoms with Gasteiger partial charge >= 0.3 is 11.9 Å². The van der Waals surface area contributed by atoms with Crippen LogP contribution in [0.3, 0.4) is 0 Å². The van der Waals surface area contributed by atoms with Gasteiger partial charge in [-0.1, -0.05) is 13.8 Å². The molecule has 0 aliphatic rings. The minimum absolute atomic E-state index is 0.0729. The van der Waals surface area contributed by atoms with E-state index in [0.29, 0.717) is 33.5 Å². The zero-order valence-corrected chi connectivity index (χ0v) is 15.5. The Morgan fingerprint density at radius 2 is 2.04 bits per heavy atom. The highest BCUT2D eigenvalue weighted by Gasteiger charge is 2.19. The van der Waals surface area contributed by atoms with Crippen LogP contribution in [0.25, 0.3) is 10.6 Å². The summed E-state index contributed by atoms with van der Waals surface area (Å²) in [6.07, 6.45) is 0. The molecule has 1 aromatic heterocycles. The number of hydrogen-bond acceptors (Lipinski definition) is 6. The largest absolute Gasteiger partial charge is 0.492 e. The van der Waals surface area contributed by atoms with Gasteiger partial charge in [0, 0.05) is 5.56 Å². The standard InChI is InChI=1S/C18H21NO5S/c1-5-23-18(22)15-11(4)19-16(25-15)12-6-7-14(24-9-10(2)3)13(8-12)17(20)21/h6-8,10H,5,9H2,1-4H3,(H,20,21). The molecule has 134 valence electrons. The summed E-state index contributed by atoms with van der Waals surface area (Å²) in [5.74, 6) is -0.877. The third-order valence-electron chi connectivity index (χ3n) is 3.29. The fourth-order valence-corrected chi connectivity index (χ4v) is 3.07. The number of carbonyl (C=O) groups is 2. The molecule has 7 heteroatoms. The molecule has 2 rings (SSSR count). The van der Waals surface area contributed by atoms with Gasteiger partial charge in [0.15, 0.2) is 0 Å². The molecule has 0 aliphatic heterocycles. The van der Waals surface area contributed by atoms with Gasteiger partial charge < -0.3 is 14.6 Å². The Kier molecular flexibility index (Phi) is 6.14. The summed E-state index contributed by atoms with van der Waals surface area (Å²) in [4.78, 5) is 28.3. The fourth-order valence-electron chi connectivity index (χ4n) is 2.12. The Labute approximate surface area is 150 Å². The number of rotatable bonds is 7. The average molecular weight is 363 g/mol. The van der Waals surface area contributed by atoms with Crippen LogP contribution in [0.5, 0.6) is 5.75 Å². The summed E-state index contributed by atoms with van der Waals surface area (Å²) in [7, 11) is 0. The van der Waals surface area contributed by atoms with E-state index >= 15 is 0 Å². The van der Waals surface area contributed by atoms with E-state index in [9.17, 15) is 14.7 Å². The van der Waals surface area contributed by atoms with Gasteiger partial charge in [0.2, 0.25) is 0 Å². The molecule has 0 saturated carbocycles. The number of ether oxygens (including phenoxy) is 2. The lowest BCUT2D eigenvalue weighted by Gasteiger charge is -2.11. The van der Waals surface area contributed by atoms with Crippen LogP contribution in [0.4, 0.5) is 0 Å². The molecule has 0 aliphatic carbocycles. The minimum atomic E-state index is -1.07. The van der Waals surface area contributed by atoms with Gasteiger partial charge in [-0.25, -0.2) is 14.6 Å². The molecule has 1 N–H and O–H groups in total. The third-order valence-corrected chi connectivity index (χ3v) is 4.47. The Bertz CT molecular complexity index is 782. The first-order valence-electron chi connectivity index (χ1n) is 7.98. The van der Waals surface area contributed by atoms with E-state index < -0.39 is 11.9 Å². The topological polar surface area (TPSA) is 85.7 Å².